The Morgan fingerprint density at radius 1 is 1.38 bits per heavy atom. The largest absolute Gasteiger partial charge is 0.416 e. The molecule has 1 fully saturated rings. The summed E-state index contributed by atoms with van der Waals surface area (Å²) in [5.74, 6) is 1.53. The maximum atomic E-state index is 11.1. The zero-order valence-corrected chi connectivity index (χ0v) is 12.6. The van der Waals surface area contributed by atoms with Crippen LogP contribution in [-0.4, -0.2) is 21.0 Å². The molecular formula is C15H20N4O2. The van der Waals surface area contributed by atoms with Crippen LogP contribution >= 0.6 is 0 Å². The number of H-pyrrole nitrogens is 1. The standard InChI is InChI=1S/C15H20N4O2/c1-8-9(2)16-14(12-7-21-15(20)18-12)19-13(8)17-10(3)11-5-4-6-11/h7,10-11H,4-6H2,1-3H3,(H,18,20)(H,16,17,19)/t10-/m1/s1. The Bertz CT molecular complexity index is 700. The quantitative estimate of drug-likeness (QED) is 0.903. The maximum Gasteiger partial charge on any atom is 0.416 e. The van der Waals surface area contributed by atoms with Crippen molar-refractivity contribution < 1.29 is 4.42 Å². The molecule has 0 unspecified atom stereocenters. The van der Waals surface area contributed by atoms with Gasteiger partial charge in [0.05, 0.1) is 0 Å². The van der Waals surface area contributed by atoms with Gasteiger partial charge in [0, 0.05) is 17.3 Å². The zero-order chi connectivity index (χ0) is 15.0. The van der Waals surface area contributed by atoms with Crippen LogP contribution < -0.4 is 11.1 Å². The molecule has 1 atom stereocenters. The molecule has 1 aliphatic carbocycles. The number of anilines is 1. The molecule has 112 valence electrons. The molecule has 0 amide bonds. The number of aryl methyl sites for hydroxylation is 1. The number of aromatic amines is 1. The molecular weight excluding hydrogens is 268 g/mol. The van der Waals surface area contributed by atoms with Crippen LogP contribution in [0.5, 0.6) is 0 Å². The monoisotopic (exact) mass is 288 g/mol. The van der Waals surface area contributed by atoms with Crippen molar-refractivity contribution in [1.82, 2.24) is 15.0 Å². The first kappa shape index (κ1) is 13.9. The lowest BCUT2D eigenvalue weighted by atomic mass is 9.80. The highest BCUT2D eigenvalue weighted by Gasteiger charge is 2.25. The number of hydrogen-bond donors (Lipinski definition) is 2. The molecule has 6 heteroatoms. The van der Waals surface area contributed by atoms with Crippen molar-refractivity contribution in [2.75, 3.05) is 5.32 Å². The van der Waals surface area contributed by atoms with Gasteiger partial charge in [-0.05, 0) is 39.5 Å². The Balaban J connectivity index is 1.91. The smallest absolute Gasteiger partial charge is 0.416 e. The van der Waals surface area contributed by atoms with Gasteiger partial charge >= 0.3 is 5.76 Å². The molecule has 2 aromatic heterocycles. The minimum absolute atomic E-state index is 0.392. The highest BCUT2D eigenvalue weighted by Crippen LogP contribution is 2.31. The molecule has 1 saturated carbocycles. The average Bonchev–Trinajstić information content (AvgIpc) is 2.79. The summed E-state index contributed by atoms with van der Waals surface area (Å²) in [7, 11) is 0. The summed E-state index contributed by atoms with van der Waals surface area (Å²) < 4.78 is 4.76. The fourth-order valence-electron chi connectivity index (χ4n) is 2.55. The molecule has 0 aromatic carbocycles. The molecule has 0 aliphatic heterocycles. The highest BCUT2D eigenvalue weighted by molar-refractivity contribution is 5.55. The zero-order valence-electron chi connectivity index (χ0n) is 12.6. The van der Waals surface area contributed by atoms with Crippen LogP contribution in [0.4, 0.5) is 5.82 Å². The van der Waals surface area contributed by atoms with E-state index in [4.69, 9.17) is 4.42 Å². The highest BCUT2D eigenvalue weighted by atomic mass is 16.4. The Labute approximate surface area is 123 Å². The van der Waals surface area contributed by atoms with Gasteiger partial charge < -0.3 is 9.73 Å². The van der Waals surface area contributed by atoms with Crippen LogP contribution in [0.15, 0.2) is 15.5 Å². The molecule has 6 nitrogen and oxygen atoms in total. The van der Waals surface area contributed by atoms with E-state index in [-0.39, 0.29) is 0 Å². The van der Waals surface area contributed by atoms with Crippen LogP contribution in [0.25, 0.3) is 11.5 Å². The van der Waals surface area contributed by atoms with E-state index in [2.05, 4.69) is 27.2 Å². The lowest BCUT2D eigenvalue weighted by Gasteiger charge is -2.32. The Morgan fingerprint density at radius 3 is 2.71 bits per heavy atom. The third-order valence-electron chi connectivity index (χ3n) is 4.37. The van der Waals surface area contributed by atoms with E-state index < -0.39 is 5.76 Å². The molecule has 3 rings (SSSR count). The van der Waals surface area contributed by atoms with Crippen LogP contribution in [-0.2, 0) is 0 Å². The average molecular weight is 288 g/mol. The van der Waals surface area contributed by atoms with Crippen LogP contribution in [0.3, 0.4) is 0 Å². The van der Waals surface area contributed by atoms with Gasteiger partial charge in [0.25, 0.3) is 0 Å². The summed E-state index contributed by atoms with van der Waals surface area (Å²) in [5, 5.41) is 3.50. The van der Waals surface area contributed by atoms with Gasteiger partial charge in [-0.3, -0.25) is 4.98 Å². The van der Waals surface area contributed by atoms with Gasteiger partial charge in [-0.2, -0.15) is 0 Å². The number of nitrogens with one attached hydrogen (secondary N) is 2. The van der Waals surface area contributed by atoms with Crippen molar-refractivity contribution >= 4 is 5.82 Å². The molecule has 0 spiro atoms. The minimum Gasteiger partial charge on any atom is -0.416 e. The molecule has 21 heavy (non-hydrogen) atoms. The van der Waals surface area contributed by atoms with Gasteiger partial charge in [-0.1, -0.05) is 6.42 Å². The Kier molecular flexibility index (Phi) is 3.53. The third-order valence-corrected chi connectivity index (χ3v) is 4.37. The molecule has 2 heterocycles. The molecule has 1 aliphatic rings. The molecule has 2 aromatic rings. The first-order chi connectivity index (χ1) is 10.0. The van der Waals surface area contributed by atoms with Crippen molar-refractivity contribution in [2.24, 2.45) is 5.92 Å². The predicted octanol–water partition coefficient (Wildman–Crippen LogP) is 2.64. The van der Waals surface area contributed by atoms with Gasteiger partial charge in [-0.15, -0.1) is 0 Å². The summed E-state index contributed by atoms with van der Waals surface area (Å²) >= 11 is 0. The number of aromatic nitrogens is 3. The van der Waals surface area contributed by atoms with E-state index in [0.29, 0.717) is 17.6 Å². The third kappa shape index (κ3) is 2.70. The van der Waals surface area contributed by atoms with Crippen LogP contribution in [0.1, 0.15) is 37.4 Å². The maximum absolute atomic E-state index is 11.1. The normalized spacial score (nSPS) is 16.5. The van der Waals surface area contributed by atoms with Crippen molar-refractivity contribution in [3.05, 3.63) is 28.1 Å². The van der Waals surface area contributed by atoms with E-state index in [1.165, 1.54) is 25.5 Å². The molecule has 0 saturated heterocycles. The second-order valence-corrected chi connectivity index (χ2v) is 5.79. The lowest BCUT2D eigenvalue weighted by molar-refractivity contribution is 0.285. The Hall–Kier alpha value is -2.11. The second-order valence-electron chi connectivity index (χ2n) is 5.79. The van der Waals surface area contributed by atoms with E-state index in [1.54, 1.807) is 0 Å². The summed E-state index contributed by atoms with van der Waals surface area (Å²) in [6.07, 6.45) is 5.23. The van der Waals surface area contributed by atoms with Crippen molar-refractivity contribution in [3.8, 4) is 11.5 Å². The number of oxazole rings is 1. The van der Waals surface area contributed by atoms with E-state index in [1.807, 2.05) is 13.8 Å². The van der Waals surface area contributed by atoms with Crippen molar-refractivity contribution in [3.63, 3.8) is 0 Å². The topological polar surface area (TPSA) is 83.8 Å². The van der Waals surface area contributed by atoms with Gasteiger partial charge in [0.1, 0.15) is 17.8 Å². The van der Waals surface area contributed by atoms with Gasteiger partial charge in [-0.25, -0.2) is 14.8 Å². The Morgan fingerprint density at radius 2 is 2.14 bits per heavy atom. The fourth-order valence-corrected chi connectivity index (χ4v) is 2.55. The van der Waals surface area contributed by atoms with Gasteiger partial charge in [0.15, 0.2) is 5.82 Å². The van der Waals surface area contributed by atoms with Crippen molar-refractivity contribution in [2.45, 2.75) is 46.1 Å². The summed E-state index contributed by atoms with van der Waals surface area (Å²) in [6.45, 7) is 6.14. The van der Waals surface area contributed by atoms with Crippen LogP contribution in [0.2, 0.25) is 0 Å². The molecule has 2 N–H and O–H groups in total. The van der Waals surface area contributed by atoms with Crippen molar-refractivity contribution in [1.29, 1.82) is 0 Å². The summed E-state index contributed by atoms with van der Waals surface area (Å²) in [4.78, 5) is 22.7. The first-order valence-corrected chi connectivity index (χ1v) is 7.34. The second kappa shape index (κ2) is 5.35. The van der Waals surface area contributed by atoms with Gasteiger partial charge in [0.2, 0.25) is 0 Å². The summed E-state index contributed by atoms with van der Waals surface area (Å²) in [6, 6.07) is 0.392. The van der Waals surface area contributed by atoms with Crippen LogP contribution in [0, 0.1) is 19.8 Å². The minimum atomic E-state index is -0.496. The lowest BCUT2D eigenvalue weighted by Crippen LogP contribution is -2.31. The number of hydrogen-bond acceptors (Lipinski definition) is 5. The van der Waals surface area contributed by atoms with E-state index in [0.717, 1.165) is 23.0 Å². The number of nitrogens with zero attached hydrogens (tertiary/aromatic N) is 2. The van der Waals surface area contributed by atoms with E-state index >= 15 is 0 Å². The molecule has 0 bridgehead atoms. The fraction of sp³-hybridized carbons (Fsp3) is 0.533. The summed E-state index contributed by atoms with van der Waals surface area (Å²) in [5.41, 5.74) is 2.43. The number of rotatable bonds is 4. The predicted molar refractivity (Wildman–Crippen MR) is 80.3 cm³/mol. The SMILES string of the molecule is Cc1nc(-c2coc(=O)[nH]2)nc(N[C@H](C)C2CCC2)c1C. The first-order valence-electron chi connectivity index (χ1n) is 7.34. The molecule has 0 radical (unpaired) electrons. The van der Waals surface area contributed by atoms with E-state index in [9.17, 15) is 4.79 Å².